The number of carbonyl (C=O) groups excluding carboxylic acids is 2. The Morgan fingerprint density at radius 1 is 1.26 bits per heavy atom. The number of hydrogen-bond acceptors (Lipinski definition) is 3. The maximum atomic E-state index is 12.9. The minimum Gasteiger partial charge on any atom is -0.482 e. The average Bonchev–Trinajstić information content (AvgIpc) is 2.52. The summed E-state index contributed by atoms with van der Waals surface area (Å²) >= 11 is 3.33. The van der Waals surface area contributed by atoms with Gasteiger partial charge in [-0.25, -0.2) is 4.39 Å². The van der Waals surface area contributed by atoms with E-state index in [9.17, 15) is 14.0 Å². The van der Waals surface area contributed by atoms with E-state index in [2.05, 4.69) is 21.2 Å². The minimum atomic E-state index is -0.383. The van der Waals surface area contributed by atoms with Crippen molar-refractivity contribution in [3.8, 4) is 5.75 Å². The van der Waals surface area contributed by atoms with E-state index in [1.807, 2.05) is 0 Å². The summed E-state index contributed by atoms with van der Waals surface area (Å²) in [4.78, 5) is 25.5. The van der Waals surface area contributed by atoms with Crippen LogP contribution in [0.5, 0.6) is 5.75 Å². The predicted octanol–water partition coefficient (Wildman–Crippen LogP) is 2.95. The summed E-state index contributed by atoms with van der Waals surface area (Å²) in [5, 5.41) is 2.63. The first-order chi connectivity index (χ1) is 11.0. The highest BCUT2D eigenvalue weighted by Crippen LogP contribution is 2.34. The Labute approximate surface area is 140 Å². The molecule has 0 saturated heterocycles. The van der Waals surface area contributed by atoms with Crippen LogP contribution in [0.25, 0.3) is 0 Å². The lowest BCUT2D eigenvalue weighted by Gasteiger charge is -2.29. The van der Waals surface area contributed by atoms with Gasteiger partial charge in [-0.15, -0.1) is 0 Å². The van der Waals surface area contributed by atoms with Crippen LogP contribution in [0.15, 0.2) is 46.9 Å². The van der Waals surface area contributed by atoms with E-state index >= 15 is 0 Å². The van der Waals surface area contributed by atoms with Gasteiger partial charge in [0.15, 0.2) is 6.61 Å². The molecule has 0 aromatic heterocycles. The van der Waals surface area contributed by atoms with Gasteiger partial charge in [-0.1, -0.05) is 15.9 Å². The Bertz CT molecular complexity index is 764. The molecule has 0 radical (unpaired) electrons. The summed E-state index contributed by atoms with van der Waals surface area (Å²) in [7, 11) is 0. The van der Waals surface area contributed by atoms with Crippen molar-refractivity contribution in [3.05, 3.63) is 52.8 Å². The van der Waals surface area contributed by atoms with E-state index in [4.69, 9.17) is 4.74 Å². The normalized spacial score (nSPS) is 13.3. The van der Waals surface area contributed by atoms with Crippen molar-refractivity contribution < 1.29 is 18.7 Å². The lowest BCUT2D eigenvalue weighted by molar-refractivity contribution is -0.123. The first-order valence-corrected chi connectivity index (χ1v) is 7.60. The Balaban J connectivity index is 1.75. The Morgan fingerprint density at radius 2 is 2.00 bits per heavy atom. The van der Waals surface area contributed by atoms with Crippen LogP contribution in [0, 0.1) is 5.82 Å². The summed E-state index contributed by atoms with van der Waals surface area (Å²) in [6.45, 7) is -0.262. The second kappa shape index (κ2) is 6.37. The van der Waals surface area contributed by atoms with Gasteiger partial charge in [0, 0.05) is 10.2 Å². The van der Waals surface area contributed by atoms with Crippen LogP contribution in [0.1, 0.15) is 0 Å². The number of rotatable bonds is 3. The summed E-state index contributed by atoms with van der Waals surface area (Å²) in [6.07, 6.45) is 0. The van der Waals surface area contributed by atoms with Crippen LogP contribution in [0.4, 0.5) is 15.8 Å². The van der Waals surface area contributed by atoms with Crippen molar-refractivity contribution in [1.82, 2.24) is 0 Å². The average molecular weight is 379 g/mol. The van der Waals surface area contributed by atoms with Crippen molar-refractivity contribution in [3.63, 3.8) is 0 Å². The summed E-state index contributed by atoms with van der Waals surface area (Å²) < 4.78 is 19.0. The third-order valence-corrected chi connectivity index (χ3v) is 3.79. The van der Waals surface area contributed by atoms with E-state index in [1.165, 1.54) is 29.2 Å². The maximum Gasteiger partial charge on any atom is 0.265 e. The van der Waals surface area contributed by atoms with Crippen molar-refractivity contribution in [1.29, 1.82) is 0 Å². The number of hydrogen-bond donors (Lipinski definition) is 1. The molecule has 3 rings (SSSR count). The van der Waals surface area contributed by atoms with Gasteiger partial charge in [0.1, 0.15) is 18.1 Å². The molecule has 0 saturated carbocycles. The topological polar surface area (TPSA) is 58.6 Å². The Kier molecular flexibility index (Phi) is 4.29. The second-order valence-corrected chi connectivity index (χ2v) is 5.85. The molecular weight excluding hydrogens is 367 g/mol. The largest absolute Gasteiger partial charge is 0.482 e. The third kappa shape index (κ3) is 3.50. The van der Waals surface area contributed by atoms with Gasteiger partial charge in [0.05, 0.1) is 5.69 Å². The van der Waals surface area contributed by atoms with Crippen LogP contribution in [0.2, 0.25) is 0 Å². The fourth-order valence-corrected chi connectivity index (χ4v) is 2.57. The number of fused-ring (bicyclic) bond motifs is 1. The lowest BCUT2D eigenvalue weighted by Crippen LogP contribution is -2.43. The monoisotopic (exact) mass is 378 g/mol. The summed E-state index contributed by atoms with van der Waals surface area (Å²) in [6, 6.07) is 10.6. The highest BCUT2D eigenvalue weighted by molar-refractivity contribution is 9.10. The third-order valence-electron chi connectivity index (χ3n) is 3.29. The molecule has 2 amide bonds. The number of carbonyl (C=O) groups is 2. The minimum absolute atomic E-state index is 0.118. The number of nitrogens with one attached hydrogen (secondary N) is 1. The molecule has 7 heteroatoms. The maximum absolute atomic E-state index is 12.9. The van der Waals surface area contributed by atoms with Crippen LogP contribution in [-0.4, -0.2) is 25.0 Å². The van der Waals surface area contributed by atoms with Gasteiger partial charge in [-0.3, -0.25) is 14.5 Å². The number of halogens is 2. The summed E-state index contributed by atoms with van der Waals surface area (Å²) in [5.41, 5.74) is 1.01. The van der Waals surface area contributed by atoms with E-state index in [0.717, 1.165) is 4.47 Å². The fraction of sp³-hybridized carbons (Fsp3) is 0.125. The number of nitrogens with zero attached hydrogens (tertiary/aromatic N) is 1. The van der Waals surface area contributed by atoms with Crippen molar-refractivity contribution in [2.24, 2.45) is 0 Å². The van der Waals surface area contributed by atoms with Gasteiger partial charge in [0.25, 0.3) is 5.91 Å². The first-order valence-electron chi connectivity index (χ1n) is 6.81. The molecule has 5 nitrogen and oxygen atoms in total. The fourth-order valence-electron chi connectivity index (χ4n) is 2.23. The molecule has 0 unspecified atom stereocenters. The van der Waals surface area contributed by atoms with Crippen LogP contribution in [0.3, 0.4) is 0 Å². The van der Waals surface area contributed by atoms with E-state index in [-0.39, 0.29) is 30.8 Å². The molecule has 2 aromatic carbocycles. The van der Waals surface area contributed by atoms with Gasteiger partial charge in [-0.2, -0.15) is 0 Å². The van der Waals surface area contributed by atoms with Crippen LogP contribution in [-0.2, 0) is 9.59 Å². The van der Waals surface area contributed by atoms with Crippen LogP contribution >= 0.6 is 15.9 Å². The summed E-state index contributed by atoms with van der Waals surface area (Å²) in [5.74, 6) is -0.519. The Morgan fingerprint density at radius 3 is 2.74 bits per heavy atom. The van der Waals surface area contributed by atoms with E-state index < -0.39 is 0 Å². The van der Waals surface area contributed by atoms with Crippen molar-refractivity contribution >= 4 is 39.1 Å². The molecule has 118 valence electrons. The van der Waals surface area contributed by atoms with Gasteiger partial charge in [0.2, 0.25) is 5.91 Å². The number of ether oxygens (including phenoxy) is 1. The smallest absolute Gasteiger partial charge is 0.265 e. The van der Waals surface area contributed by atoms with Gasteiger partial charge < -0.3 is 10.1 Å². The Hall–Kier alpha value is -2.41. The standard InChI is InChI=1S/C16H12BrFN2O3/c17-10-1-6-13-14(7-10)23-9-16(22)20(13)8-15(21)19-12-4-2-11(18)3-5-12/h1-7H,8-9H2,(H,19,21). The molecule has 2 aromatic rings. The van der Waals surface area contributed by atoms with E-state index in [0.29, 0.717) is 17.1 Å². The quantitative estimate of drug-likeness (QED) is 0.892. The van der Waals surface area contributed by atoms with E-state index in [1.54, 1.807) is 18.2 Å². The van der Waals surface area contributed by atoms with Crippen molar-refractivity contribution in [2.75, 3.05) is 23.4 Å². The number of anilines is 2. The molecule has 0 atom stereocenters. The highest BCUT2D eigenvalue weighted by Gasteiger charge is 2.27. The number of benzene rings is 2. The first kappa shape index (κ1) is 15.5. The molecule has 0 bridgehead atoms. The molecule has 0 aliphatic carbocycles. The van der Waals surface area contributed by atoms with Crippen molar-refractivity contribution in [2.45, 2.75) is 0 Å². The molecule has 0 fully saturated rings. The van der Waals surface area contributed by atoms with Gasteiger partial charge in [-0.05, 0) is 42.5 Å². The molecule has 1 aliphatic heterocycles. The zero-order chi connectivity index (χ0) is 16.4. The molecule has 1 heterocycles. The second-order valence-electron chi connectivity index (χ2n) is 4.94. The zero-order valence-electron chi connectivity index (χ0n) is 11.9. The molecular formula is C16H12BrFN2O3. The lowest BCUT2D eigenvalue weighted by atomic mass is 10.2. The SMILES string of the molecule is O=C(CN1C(=O)COc2cc(Br)ccc21)Nc1ccc(F)cc1. The highest BCUT2D eigenvalue weighted by atomic mass is 79.9. The predicted molar refractivity (Wildman–Crippen MR) is 87.0 cm³/mol. The number of amides is 2. The zero-order valence-corrected chi connectivity index (χ0v) is 13.5. The van der Waals surface area contributed by atoms with Gasteiger partial charge >= 0.3 is 0 Å². The molecule has 1 aliphatic rings. The molecule has 1 N–H and O–H groups in total. The molecule has 23 heavy (non-hydrogen) atoms. The molecule has 0 spiro atoms. The van der Waals surface area contributed by atoms with Crippen LogP contribution < -0.4 is 15.0 Å².